The van der Waals surface area contributed by atoms with Gasteiger partial charge in [0.15, 0.2) is 12.4 Å². The van der Waals surface area contributed by atoms with Gasteiger partial charge in [-0.15, -0.1) is 0 Å². The topological polar surface area (TPSA) is 103 Å². The molecule has 1 fully saturated rings. The van der Waals surface area contributed by atoms with Crippen LogP contribution in [0.1, 0.15) is 37.1 Å². The van der Waals surface area contributed by atoms with Crippen LogP contribution in [0.5, 0.6) is 0 Å². The van der Waals surface area contributed by atoms with Crippen molar-refractivity contribution < 1.29 is 13.9 Å². The molecule has 0 radical (unpaired) electrons. The third-order valence-corrected chi connectivity index (χ3v) is 5.30. The van der Waals surface area contributed by atoms with Gasteiger partial charge >= 0.3 is 5.97 Å². The van der Waals surface area contributed by atoms with Gasteiger partial charge in [-0.2, -0.15) is 15.0 Å². The summed E-state index contributed by atoms with van der Waals surface area (Å²) in [6.07, 6.45) is 2.78. The number of rotatable bonds is 6. The van der Waals surface area contributed by atoms with E-state index in [2.05, 4.69) is 20.3 Å². The van der Waals surface area contributed by atoms with Crippen molar-refractivity contribution in [3.63, 3.8) is 0 Å². The van der Waals surface area contributed by atoms with Gasteiger partial charge in [-0.1, -0.05) is 49.2 Å². The molecule has 0 saturated heterocycles. The first-order valence-electron chi connectivity index (χ1n) is 9.81. The van der Waals surface area contributed by atoms with Crippen LogP contribution < -0.4 is 11.1 Å². The summed E-state index contributed by atoms with van der Waals surface area (Å²) in [5, 5.41) is 3.04. The molecule has 154 valence electrons. The molecule has 1 aliphatic rings. The maximum absolute atomic E-state index is 14.5. The Bertz CT molecular complexity index is 1040. The molecule has 0 bridgehead atoms. The number of ether oxygens (including phenoxy) is 1. The molecule has 3 aromatic rings. The predicted octanol–water partition coefficient (Wildman–Crippen LogP) is 3.89. The lowest BCUT2D eigenvalue weighted by Gasteiger charge is -2.27. The highest BCUT2D eigenvalue weighted by atomic mass is 19.1. The number of carbonyl (C=O) groups is 1. The number of para-hydroxylation sites is 1. The molecule has 0 unspecified atom stereocenters. The molecule has 2 aromatic carbocycles. The van der Waals surface area contributed by atoms with Crippen molar-refractivity contribution in [3.05, 3.63) is 71.8 Å². The third-order valence-electron chi connectivity index (χ3n) is 5.30. The lowest BCUT2D eigenvalue weighted by Crippen LogP contribution is -2.35. The number of hydrogen-bond acceptors (Lipinski definition) is 7. The van der Waals surface area contributed by atoms with Crippen molar-refractivity contribution in [2.75, 3.05) is 11.1 Å². The minimum Gasteiger partial charge on any atom is -0.457 e. The zero-order chi connectivity index (χ0) is 21.0. The number of anilines is 3. The summed E-state index contributed by atoms with van der Waals surface area (Å²) in [5.74, 6) is -0.378. The van der Waals surface area contributed by atoms with E-state index in [9.17, 15) is 9.18 Å². The minimum atomic E-state index is -0.977. The normalized spacial score (nSPS) is 15.0. The predicted molar refractivity (Wildman–Crippen MR) is 110 cm³/mol. The minimum absolute atomic E-state index is 0.0131. The van der Waals surface area contributed by atoms with Gasteiger partial charge in [0.25, 0.3) is 0 Å². The van der Waals surface area contributed by atoms with E-state index < -0.39 is 17.2 Å². The first-order valence-corrected chi connectivity index (χ1v) is 9.81. The number of hydrogen-bond donors (Lipinski definition) is 2. The summed E-state index contributed by atoms with van der Waals surface area (Å²) < 4.78 is 20.0. The van der Waals surface area contributed by atoms with Crippen LogP contribution in [0.3, 0.4) is 0 Å². The first-order chi connectivity index (χ1) is 14.6. The molecule has 1 heterocycles. The van der Waals surface area contributed by atoms with Crippen molar-refractivity contribution in [2.45, 2.75) is 37.7 Å². The molecular weight excluding hydrogens is 385 g/mol. The summed E-state index contributed by atoms with van der Waals surface area (Å²) in [4.78, 5) is 25.4. The molecule has 3 N–H and O–H groups in total. The van der Waals surface area contributed by atoms with Gasteiger partial charge in [-0.25, -0.2) is 4.39 Å². The standard InChI is InChI=1S/C22H22FN5O2/c23-17-11-5-4-10-16(17)22(12-6-7-13-22)19(29)30-14-18-26-20(24)28-21(27-18)25-15-8-2-1-3-9-15/h1-5,8-11H,6-7,12-14H2,(H3,24,25,26,27,28). The van der Waals surface area contributed by atoms with Crippen LogP contribution >= 0.6 is 0 Å². The molecule has 0 atom stereocenters. The van der Waals surface area contributed by atoms with E-state index in [1.807, 2.05) is 30.3 Å². The van der Waals surface area contributed by atoms with E-state index in [0.29, 0.717) is 18.4 Å². The Labute approximate surface area is 173 Å². The molecular formula is C22H22FN5O2. The van der Waals surface area contributed by atoms with Gasteiger partial charge in [0.05, 0.1) is 5.41 Å². The summed E-state index contributed by atoms with van der Waals surface area (Å²) in [7, 11) is 0. The maximum atomic E-state index is 14.5. The largest absolute Gasteiger partial charge is 0.457 e. The number of nitrogens with zero attached hydrogens (tertiary/aromatic N) is 3. The zero-order valence-electron chi connectivity index (χ0n) is 16.3. The average Bonchev–Trinajstić information content (AvgIpc) is 3.24. The molecule has 30 heavy (non-hydrogen) atoms. The van der Waals surface area contributed by atoms with Crippen LogP contribution in [0.15, 0.2) is 54.6 Å². The smallest absolute Gasteiger partial charge is 0.317 e. The fourth-order valence-corrected chi connectivity index (χ4v) is 3.89. The second-order valence-electron chi connectivity index (χ2n) is 7.27. The van der Waals surface area contributed by atoms with Crippen molar-refractivity contribution >= 4 is 23.6 Å². The average molecular weight is 407 g/mol. The lowest BCUT2D eigenvalue weighted by atomic mass is 9.78. The summed E-state index contributed by atoms with van der Waals surface area (Å²) in [6, 6.07) is 15.7. The number of benzene rings is 2. The van der Waals surface area contributed by atoms with Crippen LogP contribution in [0.25, 0.3) is 0 Å². The van der Waals surface area contributed by atoms with E-state index in [4.69, 9.17) is 10.5 Å². The number of nitrogens with one attached hydrogen (secondary N) is 1. The van der Waals surface area contributed by atoms with E-state index >= 15 is 0 Å². The van der Waals surface area contributed by atoms with E-state index in [1.54, 1.807) is 18.2 Å². The summed E-state index contributed by atoms with van der Waals surface area (Å²) >= 11 is 0. The quantitative estimate of drug-likeness (QED) is 0.598. The summed E-state index contributed by atoms with van der Waals surface area (Å²) in [5.41, 5.74) is 5.98. The molecule has 1 aromatic heterocycles. The second kappa shape index (κ2) is 8.44. The number of aromatic nitrogens is 3. The lowest BCUT2D eigenvalue weighted by molar-refractivity contribution is -0.152. The maximum Gasteiger partial charge on any atom is 0.317 e. The molecule has 0 aliphatic heterocycles. The van der Waals surface area contributed by atoms with Crippen molar-refractivity contribution in [2.24, 2.45) is 0 Å². The Morgan fingerprint density at radius 1 is 1.03 bits per heavy atom. The fraction of sp³-hybridized carbons (Fsp3) is 0.273. The van der Waals surface area contributed by atoms with Gasteiger partial charge < -0.3 is 15.8 Å². The van der Waals surface area contributed by atoms with E-state index in [-0.39, 0.29) is 24.3 Å². The molecule has 4 rings (SSSR count). The Morgan fingerprint density at radius 3 is 2.47 bits per heavy atom. The van der Waals surface area contributed by atoms with Crippen molar-refractivity contribution in [1.29, 1.82) is 0 Å². The highest BCUT2D eigenvalue weighted by molar-refractivity contribution is 5.83. The third kappa shape index (κ3) is 4.07. The van der Waals surface area contributed by atoms with Gasteiger partial charge in [-0.05, 0) is 31.0 Å². The summed E-state index contributed by atoms with van der Waals surface area (Å²) in [6.45, 7) is -0.175. The van der Waals surface area contributed by atoms with Crippen LogP contribution in [-0.4, -0.2) is 20.9 Å². The van der Waals surface area contributed by atoms with Gasteiger partial charge in [0.1, 0.15) is 5.82 Å². The molecule has 1 saturated carbocycles. The molecule has 1 aliphatic carbocycles. The second-order valence-corrected chi connectivity index (χ2v) is 7.27. The number of carbonyl (C=O) groups excluding carboxylic acids is 1. The molecule has 0 amide bonds. The SMILES string of the molecule is Nc1nc(COC(=O)C2(c3ccccc3F)CCCC2)nc(Nc2ccccc2)n1. The van der Waals surface area contributed by atoms with Crippen LogP contribution in [0.4, 0.5) is 22.0 Å². The molecule has 8 heteroatoms. The van der Waals surface area contributed by atoms with E-state index in [1.165, 1.54) is 6.07 Å². The van der Waals surface area contributed by atoms with Crippen molar-refractivity contribution in [3.8, 4) is 0 Å². The highest BCUT2D eigenvalue weighted by Crippen LogP contribution is 2.43. The number of nitrogens with two attached hydrogens (primary N) is 1. The fourth-order valence-electron chi connectivity index (χ4n) is 3.89. The number of esters is 1. The van der Waals surface area contributed by atoms with Crippen LogP contribution in [-0.2, 0) is 21.6 Å². The van der Waals surface area contributed by atoms with E-state index in [0.717, 1.165) is 18.5 Å². The molecule has 7 nitrogen and oxygen atoms in total. The Hall–Kier alpha value is -3.55. The Morgan fingerprint density at radius 2 is 1.73 bits per heavy atom. The Kier molecular flexibility index (Phi) is 5.56. The highest BCUT2D eigenvalue weighted by Gasteiger charge is 2.45. The monoisotopic (exact) mass is 407 g/mol. The van der Waals surface area contributed by atoms with Crippen LogP contribution in [0, 0.1) is 5.82 Å². The number of nitrogen functional groups attached to an aromatic ring is 1. The van der Waals surface area contributed by atoms with Crippen molar-refractivity contribution in [1.82, 2.24) is 15.0 Å². The molecule has 0 spiro atoms. The van der Waals surface area contributed by atoms with Gasteiger partial charge in [0, 0.05) is 11.3 Å². The first kappa shape index (κ1) is 19.8. The zero-order valence-corrected chi connectivity index (χ0v) is 16.3. The number of halogens is 1. The van der Waals surface area contributed by atoms with Crippen LogP contribution in [0.2, 0.25) is 0 Å². The van der Waals surface area contributed by atoms with Gasteiger partial charge in [-0.3, -0.25) is 4.79 Å². The Balaban J connectivity index is 1.51. The van der Waals surface area contributed by atoms with Gasteiger partial charge in [0.2, 0.25) is 11.9 Å².